The average Bonchev–Trinajstić information content (AvgIpc) is 3.32. The first-order valence-electron chi connectivity index (χ1n) is 13.0. The molecule has 0 bridgehead atoms. The van der Waals surface area contributed by atoms with Crippen molar-refractivity contribution in [1.29, 1.82) is 0 Å². The SMILES string of the molecule is CCCCCCCCOc1ccc(Nc2nc(N(C)C3CCCCC3)c3ncn(PI)c3n2)cc1. The summed E-state index contributed by atoms with van der Waals surface area (Å²) in [6.45, 7) is 3.03. The Labute approximate surface area is 224 Å². The van der Waals surface area contributed by atoms with Gasteiger partial charge in [0, 0.05) is 18.8 Å². The van der Waals surface area contributed by atoms with E-state index >= 15 is 0 Å². The number of aromatic nitrogens is 4. The molecule has 4 rings (SSSR count). The lowest BCUT2D eigenvalue weighted by Gasteiger charge is -2.32. The first-order valence-corrected chi connectivity index (χ1v) is 17.1. The van der Waals surface area contributed by atoms with Gasteiger partial charge in [0.25, 0.3) is 0 Å². The van der Waals surface area contributed by atoms with Crippen LogP contribution in [0.5, 0.6) is 5.75 Å². The number of unbranched alkanes of at least 4 members (excludes halogenated alkanes) is 5. The van der Waals surface area contributed by atoms with Gasteiger partial charge in [0.15, 0.2) is 17.0 Å². The standard InChI is InChI=1S/C26H38IN6OP/c1-3-4-5-6-7-11-18-34-22-16-14-20(15-17-22)29-26-30-24(32(2)21-12-9-8-10-13-21)23-25(31-26)33(35-27)19-28-23/h14-17,19,21,35H,3-13,18H2,1-2H3,(H,29,30,31). The fourth-order valence-corrected chi connectivity index (χ4v) is 6.12. The molecular formula is C26H38IN6OP. The lowest BCUT2D eigenvalue weighted by Crippen LogP contribution is -2.34. The number of fused-ring (bicyclic) bond motifs is 1. The Morgan fingerprint density at radius 1 is 1.06 bits per heavy atom. The van der Waals surface area contributed by atoms with E-state index in [0.717, 1.165) is 41.4 Å². The van der Waals surface area contributed by atoms with Crippen LogP contribution in [0.3, 0.4) is 0 Å². The Bertz CT molecular complexity index is 1050. The largest absolute Gasteiger partial charge is 0.494 e. The normalized spacial score (nSPS) is 14.7. The van der Waals surface area contributed by atoms with Gasteiger partial charge < -0.3 is 15.0 Å². The molecule has 2 heterocycles. The van der Waals surface area contributed by atoms with Crippen molar-refractivity contribution in [3.8, 4) is 5.75 Å². The van der Waals surface area contributed by atoms with Crippen molar-refractivity contribution in [1.82, 2.24) is 19.3 Å². The van der Waals surface area contributed by atoms with E-state index in [1.165, 1.54) is 64.2 Å². The van der Waals surface area contributed by atoms with E-state index in [4.69, 9.17) is 14.7 Å². The summed E-state index contributed by atoms with van der Waals surface area (Å²) < 4.78 is 8.03. The second kappa shape index (κ2) is 13.6. The molecule has 1 N–H and O–H groups in total. The molecule has 0 spiro atoms. The van der Waals surface area contributed by atoms with Crippen molar-refractivity contribution < 1.29 is 4.74 Å². The molecule has 1 unspecified atom stereocenters. The molecule has 1 aromatic carbocycles. The molecule has 9 heteroatoms. The van der Waals surface area contributed by atoms with E-state index in [1.807, 2.05) is 30.6 Å². The molecule has 7 nitrogen and oxygen atoms in total. The van der Waals surface area contributed by atoms with E-state index in [2.05, 4.69) is 55.6 Å². The zero-order chi connectivity index (χ0) is 24.5. The number of rotatable bonds is 13. The van der Waals surface area contributed by atoms with Crippen LogP contribution in [0.15, 0.2) is 30.6 Å². The first-order chi connectivity index (χ1) is 17.2. The monoisotopic (exact) mass is 608 g/mol. The minimum absolute atomic E-state index is 0.505. The Balaban J connectivity index is 1.43. The van der Waals surface area contributed by atoms with Gasteiger partial charge in [-0.05, 0) is 65.6 Å². The maximum Gasteiger partial charge on any atom is 0.231 e. The highest BCUT2D eigenvalue weighted by atomic mass is 127. The molecule has 3 aromatic rings. The third kappa shape index (κ3) is 7.19. The van der Waals surface area contributed by atoms with Crippen LogP contribution in [-0.2, 0) is 0 Å². The number of nitrogens with zero attached hydrogens (tertiary/aromatic N) is 5. The molecule has 1 fully saturated rings. The highest BCUT2D eigenvalue weighted by Gasteiger charge is 2.23. The van der Waals surface area contributed by atoms with Gasteiger partial charge in [-0.2, -0.15) is 9.97 Å². The van der Waals surface area contributed by atoms with Gasteiger partial charge >= 0.3 is 0 Å². The molecular weight excluding hydrogens is 570 g/mol. The van der Waals surface area contributed by atoms with E-state index in [-0.39, 0.29) is 0 Å². The lowest BCUT2D eigenvalue weighted by molar-refractivity contribution is 0.304. The molecule has 1 atom stereocenters. The summed E-state index contributed by atoms with van der Waals surface area (Å²) in [6.07, 6.45) is 16.3. The van der Waals surface area contributed by atoms with Crippen molar-refractivity contribution in [2.45, 2.75) is 83.6 Å². The summed E-state index contributed by atoms with van der Waals surface area (Å²) >= 11 is 2.37. The Morgan fingerprint density at radius 2 is 1.80 bits per heavy atom. The van der Waals surface area contributed by atoms with Crippen LogP contribution in [-0.4, -0.2) is 39.0 Å². The first kappa shape index (κ1) is 26.4. The van der Waals surface area contributed by atoms with Crippen molar-refractivity contribution in [2.24, 2.45) is 0 Å². The molecule has 35 heavy (non-hydrogen) atoms. The molecule has 1 aliphatic carbocycles. The number of nitrogens with one attached hydrogen (secondary N) is 1. The highest BCUT2D eigenvalue weighted by molar-refractivity contribution is 14.2. The molecule has 2 aromatic heterocycles. The topological polar surface area (TPSA) is 68.1 Å². The number of hydrogen-bond acceptors (Lipinski definition) is 6. The average molecular weight is 609 g/mol. The zero-order valence-electron chi connectivity index (χ0n) is 21.0. The fourth-order valence-electron chi connectivity index (χ4n) is 4.73. The van der Waals surface area contributed by atoms with Crippen LogP contribution in [0.4, 0.5) is 17.5 Å². The molecule has 1 aliphatic rings. The molecule has 0 radical (unpaired) electrons. The summed E-state index contributed by atoms with van der Waals surface area (Å²) in [4.78, 5) is 16.8. The predicted molar refractivity (Wildman–Crippen MR) is 157 cm³/mol. The van der Waals surface area contributed by atoms with E-state index < -0.39 is 0 Å². The summed E-state index contributed by atoms with van der Waals surface area (Å²) in [6, 6.07) is 8.61. The number of imidazole rings is 1. The molecule has 0 aliphatic heterocycles. The molecule has 0 saturated heterocycles. The van der Waals surface area contributed by atoms with Gasteiger partial charge in [-0.1, -0.05) is 58.3 Å². The fraction of sp³-hybridized carbons (Fsp3) is 0.577. The molecule has 190 valence electrons. The molecule has 1 saturated carbocycles. The smallest absolute Gasteiger partial charge is 0.231 e. The van der Waals surface area contributed by atoms with E-state index in [9.17, 15) is 0 Å². The van der Waals surface area contributed by atoms with Crippen molar-refractivity contribution >= 4 is 57.0 Å². The zero-order valence-corrected chi connectivity index (χ0v) is 24.1. The Hall–Kier alpha value is -1.67. The van der Waals surface area contributed by atoms with Crippen LogP contribution < -0.4 is 15.0 Å². The second-order valence-electron chi connectivity index (χ2n) is 9.41. The number of halogens is 1. The number of hydrogen-bond donors (Lipinski definition) is 1. The van der Waals surface area contributed by atoms with Crippen molar-refractivity contribution in [3.05, 3.63) is 30.6 Å². The Morgan fingerprint density at radius 3 is 2.54 bits per heavy atom. The number of anilines is 3. The summed E-state index contributed by atoms with van der Waals surface area (Å²) in [7, 11) is 2.16. The lowest BCUT2D eigenvalue weighted by atomic mass is 9.94. The maximum atomic E-state index is 5.94. The number of benzene rings is 1. The number of ether oxygens (including phenoxy) is 1. The summed E-state index contributed by atoms with van der Waals surface area (Å²) in [5.41, 5.74) is 2.71. The van der Waals surface area contributed by atoms with Crippen LogP contribution in [0, 0.1) is 0 Å². The highest BCUT2D eigenvalue weighted by Crippen LogP contribution is 2.34. The quantitative estimate of drug-likeness (QED) is 0.121. The third-order valence-corrected chi connectivity index (χ3v) is 8.87. The molecule has 0 amide bonds. The summed E-state index contributed by atoms with van der Waals surface area (Å²) in [5, 5.41) is 3.41. The minimum Gasteiger partial charge on any atom is -0.494 e. The van der Waals surface area contributed by atoms with Crippen molar-refractivity contribution in [3.63, 3.8) is 0 Å². The van der Waals surface area contributed by atoms with Gasteiger partial charge in [0.1, 0.15) is 12.1 Å². The summed E-state index contributed by atoms with van der Waals surface area (Å²) in [5.74, 6) is 2.42. The van der Waals surface area contributed by atoms with Gasteiger partial charge in [-0.25, -0.2) is 4.98 Å². The van der Waals surface area contributed by atoms with Gasteiger partial charge in [0.2, 0.25) is 5.95 Å². The van der Waals surface area contributed by atoms with Crippen molar-refractivity contribution in [2.75, 3.05) is 23.9 Å². The van der Waals surface area contributed by atoms with Crippen LogP contribution in [0.1, 0.15) is 77.6 Å². The predicted octanol–water partition coefficient (Wildman–Crippen LogP) is 7.87. The van der Waals surface area contributed by atoms with Gasteiger partial charge in [0.05, 0.1) is 13.0 Å². The second-order valence-corrected chi connectivity index (χ2v) is 11.5. The van der Waals surface area contributed by atoms with Crippen LogP contribution in [0.2, 0.25) is 0 Å². The van der Waals surface area contributed by atoms with Gasteiger partial charge in [-0.3, -0.25) is 4.34 Å². The van der Waals surface area contributed by atoms with Crippen LogP contribution >= 0.6 is 28.4 Å². The van der Waals surface area contributed by atoms with E-state index in [1.54, 1.807) is 0 Å². The van der Waals surface area contributed by atoms with Gasteiger partial charge in [-0.15, -0.1) is 0 Å². The van der Waals surface area contributed by atoms with Crippen LogP contribution in [0.25, 0.3) is 11.2 Å². The Kier molecular flexibility index (Phi) is 10.2. The maximum absolute atomic E-state index is 5.94. The third-order valence-electron chi connectivity index (χ3n) is 6.80. The minimum atomic E-state index is 0.505. The van der Waals surface area contributed by atoms with E-state index in [0.29, 0.717) is 18.4 Å².